The third-order valence-electron chi connectivity index (χ3n) is 0.883. The van der Waals surface area contributed by atoms with Crippen molar-refractivity contribution in [2.24, 2.45) is 0 Å². The van der Waals surface area contributed by atoms with Crippen molar-refractivity contribution < 1.29 is 2.87 Å². The molecule has 0 spiro atoms. The number of halogens is 1. The Labute approximate surface area is 84.6 Å². The number of nitrogens with zero attached hydrogens (tertiary/aromatic N) is 1. The Balaban J connectivity index is 0.000000261. The van der Waals surface area contributed by atoms with E-state index < -0.39 is 21.7 Å². The van der Waals surface area contributed by atoms with Gasteiger partial charge < -0.3 is 4.90 Å². The molecule has 66 valence electrons. The third-order valence-corrected chi connectivity index (χ3v) is 2.46. The van der Waals surface area contributed by atoms with Crippen molar-refractivity contribution in [3.8, 4) is 0 Å². The Morgan fingerprint density at radius 1 is 1.08 bits per heavy atom. The van der Waals surface area contributed by atoms with Gasteiger partial charge >= 0.3 is 58.5 Å². The molecule has 0 bridgehead atoms. The quantitative estimate of drug-likeness (QED) is 0.693. The van der Waals surface area contributed by atoms with Crippen LogP contribution in [0.3, 0.4) is 0 Å². The van der Waals surface area contributed by atoms with Crippen LogP contribution in [0.15, 0.2) is 30.3 Å². The molecule has 0 aromatic heterocycles. The molecule has 0 aliphatic rings. The van der Waals surface area contributed by atoms with E-state index in [1.165, 1.54) is 0 Å². The molecule has 0 N–H and O–H groups in total. The van der Waals surface area contributed by atoms with Crippen LogP contribution in [-0.4, -0.2) is 47.8 Å². The van der Waals surface area contributed by atoms with Gasteiger partial charge in [0.05, 0.1) is 0 Å². The standard InChI is InChI=1S/C6H5.C3H9N.FH.Sn/c1-2-4-6-5-3-1;1-4(2)3;;/h1-5H;1-3H3;1H;/q;;;+1/p-1. The average molecular weight is 274 g/mol. The van der Waals surface area contributed by atoms with Gasteiger partial charge in [0.15, 0.2) is 0 Å². The Morgan fingerprint density at radius 3 is 1.75 bits per heavy atom. The van der Waals surface area contributed by atoms with Crippen molar-refractivity contribution in [2.45, 2.75) is 0 Å². The maximum absolute atomic E-state index is 11.9. The van der Waals surface area contributed by atoms with Gasteiger partial charge in [-0.2, -0.15) is 0 Å². The van der Waals surface area contributed by atoms with Gasteiger partial charge in [-0.05, 0) is 21.1 Å². The van der Waals surface area contributed by atoms with Crippen LogP contribution in [0.2, 0.25) is 0 Å². The first-order chi connectivity index (χ1) is 5.66. The van der Waals surface area contributed by atoms with Crippen molar-refractivity contribution >= 4 is 25.3 Å². The van der Waals surface area contributed by atoms with Crippen LogP contribution in [0.5, 0.6) is 0 Å². The summed E-state index contributed by atoms with van der Waals surface area (Å²) in [5.74, 6) is 0. The molecule has 0 atom stereocenters. The molecule has 0 fully saturated rings. The molecule has 3 heteroatoms. The fourth-order valence-electron chi connectivity index (χ4n) is 0.501. The molecule has 1 nitrogen and oxygen atoms in total. The summed E-state index contributed by atoms with van der Waals surface area (Å²) in [5, 5.41) is 0. The summed E-state index contributed by atoms with van der Waals surface area (Å²) in [6, 6.07) is 9.32. The fourth-order valence-corrected chi connectivity index (χ4v) is 1.41. The topological polar surface area (TPSA) is 3.24 Å². The first-order valence-corrected chi connectivity index (χ1v) is 6.20. The van der Waals surface area contributed by atoms with Gasteiger partial charge in [-0.25, -0.2) is 0 Å². The molecular formula is C9H14FNSn. The summed E-state index contributed by atoms with van der Waals surface area (Å²) >= 11 is -1.64. The SMILES string of the molecule is CN(C)C.[F][Sn][c]1ccccc1. The zero-order valence-corrected chi connectivity index (χ0v) is 10.6. The van der Waals surface area contributed by atoms with E-state index in [1.54, 1.807) is 0 Å². The molecule has 1 aromatic rings. The first-order valence-electron chi connectivity index (χ1n) is 3.69. The van der Waals surface area contributed by atoms with Crippen LogP contribution >= 0.6 is 0 Å². The normalized spacial score (nSPS) is 9.08. The fraction of sp³-hybridized carbons (Fsp3) is 0.333. The second-order valence-corrected chi connectivity index (χ2v) is 4.99. The van der Waals surface area contributed by atoms with Gasteiger partial charge in [0, 0.05) is 0 Å². The van der Waals surface area contributed by atoms with E-state index in [9.17, 15) is 2.87 Å². The van der Waals surface area contributed by atoms with Gasteiger partial charge in [-0.15, -0.1) is 0 Å². The molecule has 0 heterocycles. The molecule has 12 heavy (non-hydrogen) atoms. The molecule has 2 radical (unpaired) electrons. The zero-order valence-electron chi connectivity index (χ0n) is 7.71. The van der Waals surface area contributed by atoms with Crippen molar-refractivity contribution in [3.05, 3.63) is 30.3 Å². The molecule has 0 saturated heterocycles. The molecule has 1 aromatic carbocycles. The van der Waals surface area contributed by atoms with Crippen molar-refractivity contribution in [1.82, 2.24) is 4.90 Å². The monoisotopic (exact) mass is 275 g/mol. The van der Waals surface area contributed by atoms with Crippen molar-refractivity contribution in [3.63, 3.8) is 0 Å². The second kappa shape index (κ2) is 7.55. The van der Waals surface area contributed by atoms with Gasteiger partial charge in [0.1, 0.15) is 0 Å². The number of rotatable bonds is 1. The summed E-state index contributed by atoms with van der Waals surface area (Å²) in [4.78, 5) is 2.00. The summed E-state index contributed by atoms with van der Waals surface area (Å²) in [6.07, 6.45) is 0. The van der Waals surface area contributed by atoms with E-state index in [1.807, 2.05) is 56.4 Å². The number of hydrogen-bond donors (Lipinski definition) is 0. The number of benzene rings is 1. The van der Waals surface area contributed by atoms with E-state index >= 15 is 0 Å². The Kier molecular flexibility index (Phi) is 7.49. The third kappa shape index (κ3) is 8.01. The first kappa shape index (κ1) is 11.9. The second-order valence-electron chi connectivity index (χ2n) is 2.80. The van der Waals surface area contributed by atoms with Crippen LogP contribution in [0.25, 0.3) is 0 Å². The minimum atomic E-state index is -1.64. The molecular weight excluding hydrogens is 260 g/mol. The summed E-state index contributed by atoms with van der Waals surface area (Å²) in [5.41, 5.74) is 0. The Hall–Kier alpha value is -0.0913. The van der Waals surface area contributed by atoms with E-state index in [-0.39, 0.29) is 0 Å². The molecule has 0 saturated carbocycles. The summed E-state index contributed by atoms with van der Waals surface area (Å²) in [7, 11) is 6.00. The summed E-state index contributed by atoms with van der Waals surface area (Å²) < 4.78 is 12.8. The average Bonchev–Trinajstić information content (AvgIpc) is 2.05. The van der Waals surface area contributed by atoms with Crippen molar-refractivity contribution in [1.29, 1.82) is 0 Å². The Morgan fingerprint density at radius 2 is 1.50 bits per heavy atom. The molecule has 0 unspecified atom stereocenters. The van der Waals surface area contributed by atoms with Gasteiger partial charge in [0.25, 0.3) is 0 Å². The minimum absolute atomic E-state index is 0.913. The van der Waals surface area contributed by atoms with Gasteiger partial charge in [0.2, 0.25) is 0 Å². The zero-order chi connectivity index (χ0) is 9.40. The van der Waals surface area contributed by atoms with Crippen LogP contribution in [0, 0.1) is 0 Å². The molecule has 0 amide bonds. The van der Waals surface area contributed by atoms with Crippen molar-refractivity contribution in [2.75, 3.05) is 21.1 Å². The van der Waals surface area contributed by atoms with E-state index in [0.29, 0.717) is 0 Å². The molecule has 0 aliphatic carbocycles. The predicted octanol–water partition coefficient (Wildman–Crippen LogP) is 1.08. The number of hydrogen-bond acceptors (Lipinski definition) is 1. The molecule has 0 aliphatic heterocycles. The predicted molar refractivity (Wildman–Crippen MR) is 52.5 cm³/mol. The van der Waals surface area contributed by atoms with E-state index in [0.717, 1.165) is 3.58 Å². The maximum atomic E-state index is 11.9. The van der Waals surface area contributed by atoms with Crippen LogP contribution in [-0.2, 0) is 0 Å². The van der Waals surface area contributed by atoms with E-state index in [4.69, 9.17) is 0 Å². The van der Waals surface area contributed by atoms with Gasteiger partial charge in [-0.1, -0.05) is 0 Å². The van der Waals surface area contributed by atoms with Crippen LogP contribution < -0.4 is 3.58 Å². The Bertz CT molecular complexity index is 186. The van der Waals surface area contributed by atoms with Crippen LogP contribution in [0.1, 0.15) is 0 Å². The van der Waals surface area contributed by atoms with Gasteiger partial charge in [-0.3, -0.25) is 0 Å². The van der Waals surface area contributed by atoms with E-state index in [2.05, 4.69) is 0 Å². The molecule has 1 rings (SSSR count). The summed E-state index contributed by atoms with van der Waals surface area (Å²) in [6.45, 7) is 0. The van der Waals surface area contributed by atoms with Crippen LogP contribution in [0.4, 0.5) is 2.87 Å².